The summed E-state index contributed by atoms with van der Waals surface area (Å²) < 4.78 is 8.41. The molecule has 0 spiro atoms. The van der Waals surface area contributed by atoms with E-state index in [2.05, 4.69) is 28.9 Å². The third-order valence-corrected chi connectivity index (χ3v) is 5.13. The second-order valence-electron chi connectivity index (χ2n) is 6.44. The molecule has 1 amide bonds. The number of carbonyl (C=O) groups is 1. The molecule has 0 saturated carbocycles. The highest BCUT2D eigenvalue weighted by atomic mass is 32.1. The maximum Gasteiger partial charge on any atom is 0.254 e. The Kier molecular flexibility index (Phi) is 4.85. The molecule has 1 fully saturated rings. The quantitative estimate of drug-likeness (QED) is 0.739. The molecule has 27 heavy (non-hydrogen) atoms. The van der Waals surface area contributed by atoms with Gasteiger partial charge in [-0.1, -0.05) is 0 Å². The van der Waals surface area contributed by atoms with E-state index in [4.69, 9.17) is 0 Å². The molecule has 8 nitrogen and oxygen atoms in total. The third kappa shape index (κ3) is 3.68. The summed E-state index contributed by atoms with van der Waals surface area (Å²) in [6, 6.07) is 7.48. The molecule has 0 radical (unpaired) electrons. The Morgan fingerprint density at radius 2 is 1.89 bits per heavy atom. The zero-order valence-corrected chi connectivity index (χ0v) is 16.2. The van der Waals surface area contributed by atoms with E-state index >= 15 is 0 Å². The molecular weight excluding hydrogens is 362 g/mol. The molecule has 3 aromatic rings. The lowest BCUT2D eigenvalue weighted by Crippen LogP contribution is -2.49. The van der Waals surface area contributed by atoms with E-state index in [1.165, 1.54) is 0 Å². The van der Waals surface area contributed by atoms with Gasteiger partial charge in [0, 0.05) is 44.4 Å². The van der Waals surface area contributed by atoms with Crippen molar-refractivity contribution in [3.63, 3.8) is 0 Å². The van der Waals surface area contributed by atoms with Crippen molar-refractivity contribution in [1.29, 1.82) is 0 Å². The van der Waals surface area contributed by atoms with Crippen LogP contribution in [0.25, 0.3) is 11.0 Å². The summed E-state index contributed by atoms with van der Waals surface area (Å²) in [4.78, 5) is 25.9. The van der Waals surface area contributed by atoms with Crippen LogP contribution in [0.4, 0.5) is 11.6 Å². The molecular formula is C18H21N7OS. The van der Waals surface area contributed by atoms with E-state index in [0.717, 1.165) is 59.9 Å². The minimum atomic E-state index is 0.0387. The van der Waals surface area contributed by atoms with Crippen molar-refractivity contribution in [1.82, 2.24) is 23.6 Å². The Hall–Kier alpha value is -2.81. The number of benzene rings is 1. The standard InChI is InChI=1S/C18H21N7OS/c1-3-19-16-11-17(21-12(2)20-16)24-6-8-25(9-7-24)18(26)13-4-5-14-15(10-13)23-27-22-14/h4-5,10-11H,3,6-9H2,1-2H3,(H,19,20,21). The second-order valence-corrected chi connectivity index (χ2v) is 6.96. The minimum absolute atomic E-state index is 0.0387. The van der Waals surface area contributed by atoms with Crippen LogP contribution in [-0.4, -0.2) is 62.2 Å². The molecule has 1 aliphatic rings. The van der Waals surface area contributed by atoms with Crippen molar-refractivity contribution in [2.24, 2.45) is 0 Å². The van der Waals surface area contributed by atoms with Gasteiger partial charge in [0.15, 0.2) is 0 Å². The van der Waals surface area contributed by atoms with Crippen LogP contribution in [0.5, 0.6) is 0 Å². The van der Waals surface area contributed by atoms with Crippen LogP contribution < -0.4 is 10.2 Å². The first-order valence-electron chi connectivity index (χ1n) is 9.00. The van der Waals surface area contributed by atoms with Crippen molar-refractivity contribution >= 4 is 40.3 Å². The van der Waals surface area contributed by atoms with Gasteiger partial charge in [0.1, 0.15) is 28.5 Å². The molecule has 0 bridgehead atoms. The van der Waals surface area contributed by atoms with E-state index < -0.39 is 0 Å². The molecule has 0 aliphatic carbocycles. The van der Waals surface area contributed by atoms with E-state index in [1.807, 2.05) is 43.0 Å². The molecule has 0 atom stereocenters. The van der Waals surface area contributed by atoms with Crippen molar-refractivity contribution in [2.75, 3.05) is 42.9 Å². The number of rotatable bonds is 4. The smallest absolute Gasteiger partial charge is 0.254 e. The molecule has 1 aromatic carbocycles. The first kappa shape index (κ1) is 17.6. The zero-order chi connectivity index (χ0) is 18.8. The number of aryl methyl sites for hydroxylation is 1. The van der Waals surface area contributed by atoms with Crippen molar-refractivity contribution < 1.29 is 4.79 Å². The number of carbonyl (C=O) groups excluding carboxylic acids is 1. The topological polar surface area (TPSA) is 87.1 Å². The number of hydrogen-bond acceptors (Lipinski definition) is 8. The summed E-state index contributed by atoms with van der Waals surface area (Å²) in [5.74, 6) is 2.52. The number of anilines is 2. The molecule has 0 unspecified atom stereocenters. The average Bonchev–Trinajstić information content (AvgIpc) is 3.15. The van der Waals surface area contributed by atoms with Gasteiger partial charge >= 0.3 is 0 Å². The van der Waals surface area contributed by atoms with Crippen LogP contribution in [0.15, 0.2) is 24.3 Å². The SMILES string of the molecule is CCNc1cc(N2CCN(C(=O)c3ccc4nsnc4c3)CC2)nc(C)n1. The maximum atomic E-state index is 12.8. The number of hydrogen-bond donors (Lipinski definition) is 1. The molecule has 9 heteroatoms. The summed E-state index contributed by atoms with van der Waals surface area (Å²) in [6.07, 6.45) is 0. The summed E-state index contributed by atoms with van der Waals surface area (Å²) in [6.45, 7) is 7.56. The Morgan fingerprint density at radius 3 is 2.67 bits per heavy atom. The molecule has 1 aliphatic heterocycles. The average molecular weight is 383 g/mol. The van der Waals surface area contributed by atoms with E-state index in [9.17, 15) is 4.79 Å². The highest BCUT2D eigenvalue weighted by molar-refractivity contribution is 7.00. The van der Waals surface area contributed by atoms with Crippen LogP contribution >= 0.6 is 11.7 Å². The fourth-order valence-electron chi connectivity index (χ4n) is 3.22. The van der Waals surface area contributed by atoms with Gasteiger partial charge in [0.2, 0.25) is 0 Å². The van der Waals surface area contributed by atoms with Gasteiger partial charge in [-0.05, 0) is 32.0 Å². The Bertz CT molecular complexity index is 965. The normalized spacial score (nSPS) is 14.6. The van der Waals surface area contributed by atoms with E-state index in [-0.39, 0.29) is 5.91 Å². The molecule has 3 heterocycles. The number of nitrogens with zero attached hydrogens (tertiary/aromatic N) is 6. The zero-order valence-electron chi connectivity index (χ0n) is 15.3. The van der Waals surface area contributed by atoms with Crippen molar-refractivity contribution in [3.8, 4) is 0 Å². The second kappa shape index (κ2) is 7.43. The molecule has 140 valence electrons. The summed E-state index contributed by atoms with van der Waals surface area (Å²) in [5.41, 5.74) is 2.27. The largest absolute Gasteiger partial charge is 0.370 e. The lowest BCUT2D eigenvalue weighted by Gasteiger charge is -2.35. The lowest BCUT2D eigenvalue weighted by molar-refractivity contribution is 0.0746. The minimum Gasteiger partial charge on any atom is -0.370 e. The first-order valence-corrected chi connectivity index (χ1v) is 9.73. The number of aromatic nitrogens is 4. The van der Waals surface area contributed by atoms with Gasteiger partial charge in [-0.25, -0.2) is 9.97 Å². The van der Waals surface area contributed by atoms with Gasteiger partial charge in [-0.2, -0.15) is 8.75 Å². The Morgan fingerprint density at radius 1 is 1.11 bits per heavy atom. The fourth-order valence-corrected chi connectivity index (χ4v) is 3.74. The summed E-state index contributed by atoms with van der Waals surface area (Å²) in [7, 11) is 0. The highest BCUT2D eigenvalue weighted by Gasteiger charge is 2.23. The monoisotopic (exact) mass is 383 g/mol. The first-order chi connectivity index (χ1) is 13.1. The lowest BCUT2D eigenvalue weighted by atomic mass is 10.1. The number of fused-ring (bicyclic) bond motifs is 1. The van der Waals surface area contributed by atoms with E-state index in [0.29, 0.717) is 18.7 Å². The molecule has 1 saturated heterocycles. The van der Waals surface area contributed by atoms with Gasteiger partial charge in [-0.15, -0.1) is 0 Å². The Balaban J connectivity index is 1.44. The molecule has 2 aromatic heterocycles. The van der Waals surface area contributed by atoms with Crippen LogP contribution in [0.2, 0.25) is 0 Å². The fraction of sp³-hybridized carbons (Fsp3) is 0.389. The molecule has 4 rings (SSSR count). The van der Waals surface area contributed by atoms with E-state index in [1.54, 1.807) is 0 Å². The number of amides is 1. The predicted octanol–water partition coefficient (Wildman–Crippen LogP) is 2.18. The Labute approximate surface area is 161 Å². The third-order valence-electron chi connectivity index (χ3n) is 4.57. The predicted molar refractivity (Wildman–Crippen MR) is 106 cm³/mol. The summed E-state index contributed by atoms with van der Waals surface area (Å²) >= 11 is 1.16. The van der Waals surface area contributed by atoms with Crippen LogP contribution in [0.3, 0.4) is 0 Å². The van der Waals surface area contributed by atoms with Crippen LogP contribution in [0, 0.1) is 6.92 Å². The van der Waals surface area contributed by atoms with Gasteiger partial charge < -0.3 is 15.1 Å². The van der Waals surface area contributed by atoms with Gasteiger partial charge in [0.05, 0.1) is 11.7 Å². The van der Waals surface area contributed by atoms with Crippen molar-refractivity contribution in [3.05, 3.63) is 35.7 Å². The maximum absolute atomic E-state index is 12.8. The van der Waals surface area contributed by atoms with Gasteiger partial charge in [-0.3, -0.25) is 4.79 Å². The highest BCUT2D eigenvalue weighted by Crippen LogP contribution is 2.20. The van der Waals surface area contributed by atoms with Crippen LogP contribution in [-0.2, 0) is 0 Å². The van der Waals surface area contributed by atoms with Crippen molar-refractivity contribution in [2.45, 2.75) is 13.8 Å². The number of nitrogens with one attached hydrogen (secondary N) is 1. The number of piperazine rings is 1. The molecule has 1 N–H and O–H groups in total. The van der Waals surface area contributed by atoms with Crippen LogP contribution in [0.1, 0.15) is 23.1 Å². The summed E-state index contributed by atoms with van der Waals surface area (Å²) in [5, 5.41) is 3.24. The van der Waals surface area contributed by atoms with Gasteiger partial charge in [0.25, 0.3) is 5.91 Å².